The first kappa shape index (κ1) is 11.6. The van der Waals surface area contributed by atoms with E-state index < -0.39 is 0 Å². The molecule has 0 spiro atoms. The van der Waals surface area contributed by atoms with Crippen molar-refractivity contribution in [3.05, 3.63) is 0 Å². The van der Waals surface area contributed by atoms with Crippen molar-refractivity contribution in [3.8, 4) is 0 Å². The van der Waals surface area contributed by atoms with Gasteiger partial charge in [-0.1, -0.05) is 0 Å². The van der Waals surface area contributed by atoms with E-state index in [4.69, 9.17) is 4.74 Å². The zero-order valence-corrected chi connectivity index (χ0v) is 10.4. The van der Waals surface area contributed by atoms with E-state index in [2.05, 4.69) is 19.6 Å². The van der Waals surface area contributed by atoms with Crippen LogP contribution in [-0.2, 0) is 4.74 Å². The van der Waals surface area contributed by atoms with Gasteiger partial charge in [-0.05, 0) is 19.3 Å². The first-order valence-corrected chi connectivity index (χ1v) is 6.49. The van der Waals surface area contributed by atoms with Crippen LogP contribution in [0.25, 0.3) is 0 Å². The highest BCUT2D eigenvalue weighted by molar-refractivity contribution is 7.09. The summed E-state index contributed by atoms with van der Waals surface area (Å²) in [5.74, 6) is 0.879. The number of aromatic nitrogens is 2. The Bertz CT molecular complexity index is 312. The van der Waals surface area contributed by atoms with Crippen LogP contribution in [0.2, 0.25) is 0 Å². The molecule has 5 nitrogen and oxygen atoms in total. The summed E-state index contributed by atoms with van der Waals surface area (Å²) < 4.78 is 9.34. The zero-order valence-electron chi connectivity index (χ0n) is 9.61. The summed E-state index contributed by atoms with van der Waals surface area (Å²) in [6.45, 7) is 3.66. The summed E-state index contributed by atoms with van der Waals surface area (Å²) in [7, 11) is 1.70. The molecule has 1 aliphatic heterocycles. The van der Waals surface area contributed by atoms with E-state index in [1.807, 2.05) is 0 Å². The summed E-state index contributed by atoms with van der Waals surface area (Å²) >= 11 is 1.42. The molecule has 0 radical (unpaired) electrons. The Balaban J connectivity index is 1.85. The fourth-order valence-electron chi connectivity index (χ4n) is 1.77. The highest BCUT2D eigenvalue weighted by Gasteiger charge is 2.15. The molecule has 0 atom stereocenters. The van der Waals surface area contributed by atoms with Crippen LogP contribution in [0.3, 0.4) is 0 Å². The Morgan fingerprint density at radius 1 is 1.38 bits per heavy atom. The number of piperidine rings is 1. The topological polar surface area (TPSA) is 50.3 Å². The molecule has 0 aromatic carbocycles. The van der Waals surface area contributed by atoms with Crippen molar-refractivity contribution >= 4 is 22.6 Å². The second-order valence-electron chi connectivity index (χ2n) is 3.87. The number of nitrogens with zero attached hydrogens (tertiary/aromatic N) is 3. The van der Waals surface area contributed by atoms with Crippen LogP contribution in [0.15, 0.2) is 0 Å². The van der Waals surface area contributed by atoms with Crippen LogP contribution >= 0.6 is 11.5 Å². The van der Waals surface area contributed by atoms with Crippen LogP contribution in [-0.4, -0.2) is 42.7 Å². The number of hydrogen-bond donors (Lipinski definition) is 1. The van der Waals surface area contributed by atoms with Gasteiger partial charge in [0.05, 0.1) is 6.61 Å². The minimum Gasteiger partial charge on any atom is -0.383 e. The fraction of sp³-hybridized carbons (Fsp3) is 0.800. The van der Waals surface area contributed by atoms with Crippen molar-refractivity contribution in [3.63, 3.8) is 0 Å². The number of methoxy groups -OCH3 is 1. The van der Waals surface area contributed by atoms with Crippen molar-refractivity contribution in [1.29, 1.82) is 0 Å². The first-order chi connectivity index (χ1) is 7.90. The van der Waals surface area contributed by atoms with Gasteiger partial charge in [0.15, 0.2) is 0 Å². The van der Waals surface area contributed by atoms with Crippen LogP contribution < -0.4 is 10.2 Å². The maximum atomic E-state index is 4.97. The summed E-state index contributed by atoms with van der Waals surface area (Å²) in [5.41, 5.74) is 0. The molecule has 0 bridgehead atoms. The molecule has 0 amide bonds. The molecule has 2 rings (SSSR count). The first-order valence-electron chi connectivity index (χ1n) is 5.71. The molecule has 2 heterocycles. The van der Waals surface area contributed by atoms with Crippen molar-refractivity contribution in [1.82, 2.24) is 9.36 Å². The summed E-state index contributed by atoms with van der Waals surface area (Å²) in [6, 6.07) is 0. The molecule has 0 unspecified atom stereocenters. The molecule has 6 heteroatoms. The SMILES string of the molecule is COCCNc1nc(N2CCCCC2)ns1. The van der Waals surface area contributed by atoms with Crippen LogP contribution in [0.5, 0.6) is 0 Å². The average Bonchev–Trinajstić information content (AvgIpc) is 2.79. The lowest BCUT2D eigenvalue weighted by molar-refractivity contribution is 0.211. The number of nitrogens with one attached hydrogen (secondary N) is 1. The van der Waals surface area contributed by atoms with Gasteiger partial charge in [0.1, 0.15) is 0 Å². The summed E-state index contributed by atoms with van der Waals surface area (Å²) in [4.78, 5) is 6.74. The third-order valence-electron chi connectivity index (χ3n) is 2.64. The number of rotatable bonds is 5. The molecule has 1 fully saturated rings. The maximum Gasteiger partial charge on any atom is 0.239 e. The monoisotopic (exact) mass is 242 g/mol. The van der Waals surface area contributed by atoms with Crippen LogP contribution in [0.4, 0.5) is 11.1 Å². The molecule has 0 saturated carbocycles. The molecule has 1 aliphatic rings. The fourth-order valence-corrected chi connectivity index (χ4v) is 2.38. The van der Waals surface area contributed by atoms with E-state index >= 15 is 0 Å². The summed E-state index contributed by atoms with van der Waals surface area (Å²) in [6.07, 6.45) is 3.84. The van der Waals surface area contributed by atoms with Crippen molar-refractivity contribution in [2.24, 2.45) is 0 Å². The lowest BCUT2D eigenvalue weighted by Gasteiger charge is -2.24. The average molecular weight is 242 g/mol. The standard InChI is InChI=1S/C10H18N4OS/c1-15-8-5-11-10-12-9(13-16-10)14-6-3-2-4-7-14/h2-8H2,1H3,(H,11,12,13). The lowest BCUT2D eigenvalue weighted by atomic mass is 10.1. The normalized spacial score (nSPS) is 16.4. The lowest BCUT2D eigenvalue weighted by Crippen LogP contribution is -2.30. The van der Waals surface area contributed by atoms with E-state index in [1.54, 1.807) is 7.11 Å². The van der Waals surface area contributed by atoms with E-state index in [9.17, 15) is 0 Å². The third-order valence-corrected chi connectivity index (χ3v) is 3.30. The van der Waals surface area contributed by atoms with Gasteiger partial charge in [-0.25, -0.2) is 0 Å². The Kier molecular flexibility index (Phi) is 4.35. The molecular formula is C10H18N4OS. The van der Waals surface area contributed by atoms with Crippen molar-refractivity contribution in [2.45, 2.75) is 19.3 Å². The van der Waals surface area contributed by atoms with E-state index in [1.165, 1.54) is 30.8 Å². The Morgan fingerprint density at radius 2 is 2.19 bits per heavy atom. The van der Waals surface area contributed by atoms with Crippen LogP contribution in [0, 0.1) is 0 Å². The predicted octanol–water partition coefficient (Wildman–Crippen LogP) is 1.59. The van der Waals surface area contributed by atoms with E-state index in [-0.39, 0.29) is 0 Å². The maximum absolute atomic E-state index is 4.97. The van der Waals surface area contributed by atoms with Crippen molar-refractivity contribution < 1.29 is 4.74 Å². The van der Waals surface area contributed by atoms with Crippen molar-refractivity contribution in [2.75, 3.05) is 43.6 Å². The molecule has 1 aromatic rings. The van der Waals surface area contributed by atoms with Gasteiger partial charge in [0.25, 0.3) is 0 Å². The molecule has 1 N–H and O–H groups in total. The second kappa shape index (κ2) is 6.00. The van der Waals surface area contributed by atoms with Gasteiger partial charge in [0.2, 0.25) is 11.1 Å². The summed E-state index contributed by atoms with van der Waals surface area (Å²) in [5, 5.41) is 4.08. The molecular weight excluding hydrogens is 224 g/mol. The molecule has 90 valence electrons. The Labute approximate surface area is 100.0 Å². The van der Waals surface area contributed by atoms with Gasteiger partial charge < -0.3 is 15.0 Å². The van der Waals surface area contributed by atoms with Gasteiger partial charge in [0, 0.05) is 38.3 Å². The highest BCUT2D eigenvalue weighted by Crippen LogP contribution is 2.20. The van der Waals surface area contributed by atoms with Gasteiger partial charge in [-0.2, -0.15) is 9.36 Å². The van der Waals surface area contributed by atoms with E-state index in [0.29, 0.717) is 6.61 Å². The number of hydrogen-bond acceptors (Lipinski definition) is 6. The van der Waals surface area contributed by atoms with Gasteiger partial charge >= 0.3 is 0 Å². The largest absolute Gasteiger partial charge is 0.383 e. The molecule has 1 saturated heterocycles. The minimum absolute atomic E-state index is 0.693. The van der Waals surface area contributed by atoms with Gasteiger partial charge in [-0.15, -0.1) is 0 Å². The van der Waals surface area contributed by atoms with Crippen LogP contribution in [0.1, 0.15) is 19.3 Å². The number of anilines is 2. The zero-order chi connectivity index (χ0) is 11.2. The Morgan fingerprint density at radius 3 is 2.94 bits per heavy atom. The molecule has 0 aliphatic carbocycles. The molecule has 1 aromatic heterocycles. The predicted molar refractivity (Wildman–Crippen MR) is 66.3 cm³/mol. The second-order valence-corrected chi connectivity index (χ2v) is 4.62. The number of ether oxygens (including phenoxy) is 1. The van der Waals surface area contributed by atoms with Gasteiger partial charge in [-0.3, -0.25) is 0 Å². The van der Waals surface area contributed by atoms with E-state index in [0.717, 1.165) is 30.7 Å². The Hall–Kier alpha value is -0.880. The smallest absolute Gasteiger partial charge is 0.239 e. The molecule has 16 heavy (non-hydrogen) atoms. The minimum atomic E-state index is 0.693. The third kappa shape index (κ3) is 3.05. The quantitative estimate of drug-likeness (QED) is 0.795. The highest BCUT2D eigenvalue weighted by atomic mass is 32.1.